The number of aryl methyl sites for hydroxylation is 3. The van der Waals surface area contributed by atoms with Crippen molar-refractivity contribution in [1.29, 1.82) is 0 Å². The summed E-state index contributed by atoms with van der Waals surface area (Å²) >= 11 is 0. The average Bonchev–Trinajstić information content (AvgIpc) is 2.54. The van der Waals surface area contributed by atoms with Gasteiger partial charge >= 0.3 is 11.8 Å². The number of hydrogen-bond donors (Lipinski definition) is 2. The Morgan fingerprint density at radius 2 is 1.74 bits per heavy atom. The fourth-order valence-corrected chi connectivity index (χ4v) is 1.88. The van der Waals surface area contributed by atoms with Gasteiger partial charge in [0.1, 0.15) is 5.75 Å². The minimum Gasteiger partial charge on any atom is -0.482 e. The average molecular weight is 313 g/mol. The number of carbonyl (C=O) groups excluding carboxylic acids is 1. The van der Waals surface area contributed by atoms with Crippen LogP contribution in [0.25, 0.3) is 0 Å². The van der Waals surface area contributed by atoms with E-state index in [1.807, 2.05) is 63.2 Å². The van der Waals surface area contributed by atoms with Gasteiger partial charge in [-0.1, -0.05) is 28.9 Å². The van der Waals surface area contributed by atoms with E-state index in [4.69, 9.17) is 15.3 Å². The van der Waals surface area contributed by atoms with E-state index in [0.29, 0.717) is 5.75 Å². The first kappa shape index (κ1) is 16.5. The summed E-state index contributed by atoms with van der Waals surface area (Å²) in [6.45, 7) is 5.79. The normalized spacial score (nSPS) is 11.2. The van der Waals surface area contributed by atoms with Gasteiger partial charge in [-0.15, -0.1) is 0 Å². The Labute approximate surface area is 135 Å². The largest absolute Gasteiger partial charge is 0.482 e. The van der Waals surface area contributed by atoms with Crippen LogP contribution in [0.2, 0.25) is 0 Å². The summed E-state index contributed by atoms with van der Waals surface area (Å²) in [5.74, 6) is 0.336. The zero-order valence-corrected chi connectivity index (χ0v) is 13.6. The Bertz CT molecular complexity index is 722. The van der Waals surface area contributed by atoms with E-state index in [9.17, 15) is 4.79 Å². The number of carbonyl (C=O) groups is 1. The first-order valence-corrected chi connectivity index (χ1v) is 7.31. The summed E-state index contributed by atoms with van der Waals surface area (Å²) in [7, 11) is 0. The van der Waals surface area contributed by atoms with Crippen molar-refractivity contribution in [2.75, 3.05) is 6.61 Å². The zero-order chi connectivity index (χ0) is 16.8. The van der Waals surface area contributed by atoms with E-state index in [1.165, 1.54) is 5.56 Å². The number of ether oxygens (including phenoxy) is 1. The molecule has 0 aliphatic carbocycles. The van der Waals surface area contributed by atoms with Crippen LogP contribution in [-0.4, -0.2) is 18.4 Å². The highest BCUT2D eigenvalue weighted by atomic mass is 16.7. The Balaban J connectivity index is 1.88. The minimum atomic E-state index is -0.557. The SMILES string of the molecule is Cc1ccc(C(N)=[NH+]OC(=O)COc2ccc(C)c(C)c2)cc1. The van der Waals surface area contributed by atoms with Crippen LogP contribution in [0, 0.1) is 20.8 Å². The van der Waals surface area contributed by atoms with Gasteiger partial charge in [0.2, 0.25) is 0 Å². The lowest BCUT2D eigenvalue weighted by Crippen LogP contribution is -2.76. The summed E-state index contributed by atoms with van der Waals surface area (Å²) in [5.41, 5.74) is 9.97. The molecule has 0 aromatic heterocycles. The molecule has 0 aliphatic heterocycles. The molecule has 0 radical (unpaired) electrons. The first-order chi connectivity index (χ1) is 11.0. The fourth-order valence-electron chi connectivity index (χ4n) is 1.88. The van der Waals surface area contributed by atoms with Crippen molar-refractivity contribution >= 4 is 11.8 Å². The van der Waals surface area contributed by atoms with Crippen molar-refractivity contribution in [1.82, 2.24) is 0 Å². The maximum absolute atomic E-state index is 11.7. The van der Waals surface area contributed by atoms with E-state index in [-0.39, 0.29) is 12.4 Å². The van der Waals surface area contributed by atoms with Crippen LogP contribution in [0.1, 0.15) is 22.3 Å². The molecule has 2 rings (SSSR count). The molecule has 0 amide bonds. The Hall–Kier alpha value is -2.82. The van der Waals surface area contributed by atoms with Crippen molar-refractivity contribution < 1.29 is 19.5 Å². The van der Waals surface area contributed by atoms with Crippen LogP contribution in [0.3, 0.4) is 0 Å². The Morgan fingerprint density at radius 3 is 2.39 bits per heavy atom. The van der Waals surface area contributed by atoms with Crippen LogP contribution in [-0.2, 0) is 9.63 Å². The lowest BCUT2D eigenvalue weighted by atomic mass is 10.1. The van der Waals surface area contributed by atoms with E-state index in [1.54, 1.807) is 0 Å². The highest BCUT2D eigenvalue weighted by molar-refractivity contribution is 5.92. The molecule has 2 aromatic carbocycles. The second kappa shape index (κ2) is 7.45. The predicted molar refractivity (Wildman–Crippen MR) is 87.9 cm³/mol. The number of nitrogens with two attached hydrogens (primary N) is 1. The summed E-state index contributed by atoms with van der Waals surface area (Å²) in [4.78, 5) is 16.6. The topological polar surface area (TPSA) is 75.5 Å². The third-order valence-electron chi connectivity index (χ3n) is 3.47. The van der Waals surface area contributed by atoms with Crippen molar-refractivity contribution in [3.63, 3.8) is 0 Å². The van der Waals surface area contributed by atoms with Crippen LogP contribution < -0.4 is 15.6 Å². The molecule has 3 N–H and O–H groups in total. The van der Waals surface area contributed by atoms with Gasteiger partial charge in [0.25, 0.3) is 0 Å². The Morgan fingerprint density at radius 1 is 1.04 bits per heavy atom. The molecule has 0 heterocycles. The quantitative estimate of drug-likeness (QED) is 0.373. The van der Waals surface area contributed by atoms with Crippen LogP contribution >= 0.6 is 0 Å². The van der Waals surface area contributed by atoms with Crippen molar-refractivity contribution in [2.24, 2.45) is 5.73 Å². The monoisotopic (exact) mass is 313 g/mol. The third kappa shape index (κ3) is 4.85. The molecule has 0 fully saturated rings. The summed E-state index contributed by atoms with van der Waals surface area (Å²) in [6, 6.07) is 13.2. The first-order valence-electron chi connectivity index (χ1n) is 7.31. The number of rotatable bonds is 5. The highest BCUT2D eigenvalue weighted by Crippen LogP contribution is 2.16. The predicted octanol–water partition coefficient (Wildman–Crippen LogP) is 0.935. The molecule has 0 saturated heterocycles. The summed E-state index contributed by atoms with van der Waals surface area (Å²) in [5, 5.41) is 2.44. The van der Waals surface area contributed by atoms with Gasteiger partial charge in [-0.2, -0.15) is 0 Å². The summed E-state index contributed by atoms with van der Waals surface area (Å²) in [6.07, 6.45) is 0. The molecule has 120 valence electrons. The minimum absolute atomic E-state index is 0.198. The third-order valence-corrected chi connectivity index (χ3v) is 3.47. The van der Waals surface area contributed by atoms with E-state index in [0.717, 1.165) is 16.7 Å². The van der Waals surface area contributed by atoms with Crippen LogP contribution in [0.5, 0.6) is 5.75 Å². The maximum Gasteiger partial charge on any atom is 0.394 e. The van der Waals surface area contributed by atoms with E-state index in [2.05, 4.69) is 5.16 Å². The van der Waals surface area contributed by atoms with E-state index < -0.39 is 5.97 Å². The Kier molecular flexibility index (Phi) is 5.36. The van der Waals surface area contributed by atoms with Gasteiger partial charge < -0.3 is 4.74 Å². The molecular weight excluding hydrogens is 292 g/mol. The molecule has 0 bridgehead atoms. The molecule has 2 aromatic rings. The van der Waals surface area contributed by atoms with E-state index >= 15 is 0 Å². The molecule has 23 heavy (non-hydrogen) atoms. The fraction of sp³-hybridized carbons (Fsp3) is 0.222. The summed E-state index contributed by atoms with van der Waals surface area (Å²) < 4.78 is 5.39. The number of hydrogen-bond acceptors (Lipinski definition) is 3. The van der Waals surface area contributed by atoms with Gasteiger partial charge in [-0.25, -0.2) is 4.79 Å². The molecule has 0 spiro atoms. The van der Waals surface area contributed by atoms with Crippen molar-refractivity contribution in [2.45, 2.75) is 20.8 Å². The molecule has 0 aliphatic rings. The van der Waals surface area contributed by atoms with Gasteiger partial charge in [-0.05, 0) is 56.2 Å². The molecule has 0 unspecified atom stereocenters. The molecule has 0 atom stereocenters. The van der Waals surface area contributed by atoms with Gasteiger partial charge in [-0.3, -0.25) is 10.6 Å². The molecule has 5 nitrogen and oxygen atoms in total. The number of benzene rings is 2. The van der Waals surface area contributed by atoms with Gasteiger partial charge in [0, 0.05) is 0 Å². The van der Waals surface area contributed by atoms with Crippen LogP contribution in [0.15, 0.2) is 42.5 Å². The lowest BCUT2D eigenvalue weighted by molar-refractivity contribution is -0.724. The van der Waals surface area contributed by atoms with Crippen molar-refractivity contribution in [3.8, 4) is 5.75 Å². The molecule has 5 heteroatoms. The maximum atomic E-state index is 11.7. The van der Waals surface area contributed by atoms with Crippen LogP contribution in [0.4, 0.5) is 0 Å². The van der Waals surface area contributed by atoms with Gasteiger partial charge in [0.05, 0.1) is 5.56 Å². The standard InChI is InChI=1S/C18H20N2O3/c1-12-4-7-15(8-5-12)18(19)20-23-17(21)11-22-16-9-6-13(2)14(3)10-16/h4-10H,11H2,1-3H3,(H2,19,20)/p+1. The second-order valence-electron chi connectivity index (χ2n) is 5.39. The molecule has 0 saturated carbocycles. The number of nitrogen functional groups attached to an aromatic ring is 1. The lowest BCUT2D eigenvalue weighted by Gasteiger charge is -2.06. The van der Waals surface area contributed by atoms with Crippen molar-refractivity contribution in [3.05, 3.63) is 64.7 Å². The zero-order valence-electron chi connectivity index (χ0n) is 13.6. The second-order valence-corrected chi connectivity index (χ2v) is 5.39. The van der Waals surface area contributed by atoms with Gasteiger partial charge in [0.15, 0.2) is 6.61 Å². The molecular formula is C18H21N2O3+. The highest BCUT2D eigenvalue weighted by Gasteiger charge is 2.09. The number of nitrogens with one attached hydrogen (secondary N) is 1. The smallest absolute Gasteiger partial charge is 0.394 e. The number of amidine groups is 1.